The van der Waals surface area contributed by atoms with Crippen LogP contribution in [0, 0.1) is 5.92 Å². The molecule has 1 aliphatic rings. The van der Waals surface area contributed by atoms with E-state index in [0.717, 1.165) is 17.7 Å². The quantitative estimate of drug-likeness (QED) is 0.875. The molecule has 2 atom stereocenters. The number of nitrogen functional groups attached to an aromatic ring is 1. The summed E-state index contributed by atoms with van der Waals surface area (Å²) >= 11 is 0. The molecule has 2 aromatic rings. The van der Waals surface area contributed by atoms with E-state index in [1.807, 2.05) is 49.5 Å². The van der Waals surface area contributed by atoms with E-state index in [-0.39, 0.29) is 11.8 Å². The molecule has 0 aliphatic heterocycles. The van der Waals surface area contributed by atoms with Crippen LogP contribution in [0.2, 0.25) is 0 Å². The molecule has 1 saturated carbocycles. The molecule has 1 fully saturated rings. The SMILES string of the molecule is CN(Cc1ccccc1N)C(=O)C1CC1c1ccccc1. The van der Waals surface area contributed by atoms with Crippen molar-refractivity contribution in [1.82, 2.24) is 4.90 Å². The van der Waals surface area contributed by atoms with Gasteiger partial charge in [-0.15, -0.1) is 0 Å². The first-order chi connectivity index (χ1) is 10.2. The van der Waals surface area contributed by atoms with Crippen molar-refractivity contribution in [3.8, 4) is 0 Å². The minimum absolute atomic E-state index is 0.127. The van der Waals surface area contributed by atoms with E-state index in [2.05, 4.69) is 12.1 Å². The summed E-state index contributed by atoms with van der Waals surface area (Å²) in [6, 6.07) is 18.0. The Morgan fingerprint density at radius 1 is 1.14 bits per heavy atom. The van der Waals surface area contributed by atoms with Gasteiger partial charge >= 0.3 is 0 Å². The maximum atomic E-state index is 12.5. The number of amides is 1. The minimum atomic E-state index is 0.127. The Kier molecular flexibility index (Phi) is 3.65. The topological polar surface area (TPSA) is 46.3 Å². The van der Waals surface area contributed by atoms with E-state index in [9.17, 15) is 4.79 Å². The van der Waals surface area contributed by atoms with Crippen LogP contribution < -0.4 is 5.73 Å². The van der Waals surface area contributed by atoms with Crippen molar-refractivity contribution in [3.63, 3.8) is 0 Å². The van der Waals surface area contributed by atoms with Crippen molar-refractivity contribution in [2.24, 2.45) is 5.92 Å². The van der Waals surface area contributed by atoms with Crippen LogP contribution in [0.1, 0.15) is 23.5 Å². The molecule has 0 saturated heterocycles. The zero-order valence-corrected chi connectivity index (χ0v) is 12.2. The number of hydrogen-bond donors (Lipinski definition) is 1. The molecule has 1 amide bonds. The maximum Gasteiger partial charge on any atom is 0.226 e. The predicted octanol–water partition coefficient (Wildman–Crippen LogP) is 3.03. The maximum absolute atomic E-state index is 12.5. The molecule has 0 aromatic heterocycles. The summed E-state index contributed by atoms with van der Waals surface area (Å²) in [7, 11) is 1.86. The van der Waals surface area contributed by atoms with Crippen LogP contribution >= 0.6 is 0 Å². The van der Waals surface area contributed by atoms with Crippen LogP contribution in [-0.4, -0.2) is 17.9 Å². The van der Waals surface area contributed by atoms with Gasteiger partial charge in [0.25, 0.3) is 0 Å². The van der Waals surface area contributed by atoms with E-state index in [0.29, 0.717) is 12.5 Å². The van der Waals surface area contributed by atoms with Crippen molar-refractivity contribution >= 4 is 11.6 Å². The molecule has 21 heavy (non-hydrogen) atoms. The monoisotopic (exact) mass is 280 g/mol. The highest BCUT2D eigenvalue weighted by Crippen LogP contribution is 2.48. The van der Waals surface area contributed by atoms with Gasteiger partial charge in [0, 0.05) is 25.2 Å². The van der Waals surface area contributed by atoms with Gasteiger partial charge in [-0.1, -0.05) is 48.5 Å². The summed E-state index contributed by atoms with van der Waals surface area (Å²) < 4.78 is 0. The van der Waals surface area contributed by atoms with Gasteiger partial charge in [0.05, 0.1) is 0 Å². The minimum Gasteiger partial charge on any atom is -0.398 e. The van der Waals surface area contributed by atoms with E-state index in [4.69, 9.17) is 5.73 Å². The predicted molar refractivity (Wildman–Crippen MR) is 84.6 cm³/mol. The second-order valence-electron chi connectivity index (χ2n) is 5.75. The summed E-state index contributed by atoms with van der Waals surface area (Å²) in [5.74, 6) is 0.726. The summed E-state index contributed by atoms with van der Waals surface area (Å²) in [6.07, 6.45) is 0.956. The summed E-state index contributed by atoms with van der Waals surface area (Å²) in [6.45, 7) is 0.573. The average Bonchev–Trinajstić information content (AvgIpc) is 3.30. The number of nitrogens with zero attached hydrogens (tertiary/aromatic N) is 1. The molecular weight excluding hydrogens is 260 g/mol. The second kappa shape index (κ2) is 5.60. The molecular formula is C18H20N2O. The van der Waals surface area contributed by atoms with E-state index >= 15 is 0 Å². The lowest BCUT2D eigenvalue weighted by Gasteiger charge is -2.18. The Labute approximate surface area is 125 Å². The van der Waals surface area contributed by atoms with Gasteiger partial charge in [0.2, 0.25) is 5.91 Å². The molecule has 3 heteroatoms. The smallest absolute Gasteiger partial charge is 0.226 e. The number of carbonyl (C=O) groups is 1. The molecule has 1 aliphatic carbocycles. The molecule has 0 heterocycles. The van der Waals surface area contributed by atoms with Crippen LogP contribution in [-0.2, 0) is 11.3 Å². The molecule has 0 bridgehead atoms. The molecule has 2 unspecified atom stereocenters. The van der Waals surface area contributed by atoms with E-state index in [1.54, 1.807) is 4.90 Å². The summed E-state index contributed by atoms with van der Waals surface area (Å²) in [5, 5.41) is 0. The van der Waals surface area contributed by atoms with Crippen molar-refractivity contribution in [1.29, 1.82) is 0 Å². The Hall–Kier alpha value is -2.29. The fourth-order valence-corrected chi connectivity index (χ4v) is 2.83. The zero-order chi connectivity index (χ0) is 14.8. The molecule has 108 valence electrons. The number of para-hydroxylation sites is 1. The van der Waals surface area contributed by atoms with Crippen LogP contribution in [0.5, 0.6) is 0 Å². The Morgan fingerprint density at radius 3 is 2.52 bits per heavy atom. The lowest BCUT2D eigenvalue weighted by Crippen LogP contribution is -2.28. The van der Waals surface area contributed by atoms with Gasteiger partial charge in [-0.05, 0) is 29.5 Å². The third-order valence-electron chi connectivity index (χ3n) is 4.17. The van der Waals surface area contributed by atoms with E-state index < -0.39 is 0 Å². The largest absolute Gasteiger partial charge is 0.398 e. The van der Waals surface area contributed by atoms with Crippen LogP contribution in [0.4, 0.5) is 5.69 Å². The lowest BCUT2D eigenvalue weighted by atomic mass is 10.1. The fourth-order valence-electron chi connectivity index (χ4n) is 2.83. The molecule has 2 N–H and O–H groups in total. The van der Waals surface area contributed by atoms with Crippen molar-refractivity contribution in [3.05, 3.63) is 65.7 Å². The molecule has 3 rings (SSSR count). The number of hydrogen-bond acceptors (Lipinski definition) is 2. The van der Waals surface area contributed by atoms with Crippen LogP contribution in [0.15, 0.2) is 54.6 Å². The fraction of sp³-hybridized carbons (Fsp3) is 0.278. The van der Waals surface area contributed by atoms with Crippen LogP contribution in [0.3, 0.4) is 0 Å². The van der Waals surface area contributed by atoms with E-state index in [1.165, 1.54) is 5.56 Å². The summed E-state index contributed by atoms with van der Waals surface area (Å²) in [4.78, 5) is 14.3. The normalized spacial score (nSPS) is 20.0. The summed E-state index contributed by atoms with van der Waals surface area (Å²) in [5.41, 5.74) is 8.96. The first-order valence-electron chi connectivity index (χ1n) is 7.30. The van der Waals surface area contributed by atoms with Crippen molar-refractivity contribution in [2.45, 2.75) is 18.9 Å². The first-order valence-corrected chi connectivity index (χ1v) is 7.30. The standard InChI is InChI=1S/C18H20N2O/c1-20(12-14-9-5-6-10-17(14)19)18(21)16-11-15(16)13-7-3-2-4-8-13/h2-10,15-16H,11-12,19H2,1H3. The number of rotatable bonds is 4. The Balaban J connectivity index is 1.63. The third-order valence-corrected chi connectivity index (χ3v) is 4.17. The zero-order valence-electron chi connectivity index (χ0n) is 12.2. The van der Waals surface area contributed by atoms with Crippen molar-refractivity contribution < 1.29 is 4.79 Å². The van der Waals surface area contributed by atoms with Gasteiger partial charge in [-0.25, -0.2) is 0 Å². The average molecular weight is 280 g/mol. The molecule has 0 spiro atoms. The van der Waals surface area contributed by atoms with Crippen molar-refractivity contribution in [2.75, 3.05) is 12.8 Å². The van der Waals surface area contributed by atoms with Gasteiger partial charge in [0.15, 0.2) is 0 Å². The highest BCUT2D eigenvalue weighted by Gasteiger charge is 2.44. The Bertz CT molecular complexity index is 639. The molecule has 3 nitrogen and oxygen atoms in total. The number of benzene rings is 2. The highest BCUT2D eigenvalue weighted by molar-refractivity contribution is 5.83. The van der Waals surface area contributed by atoms with Gasteiger partial charge in [-0.3, -0.25) is 4.79 Å². The number of carbonyl (C=O) groups excluding carboxylic acids is 1. The number of anilines is 1. The highest BCUT2D eigenvalue weighted by atomic mass is 16.2. The number of nitrogens with two attached hydrogens (primary N) is 1. The Morgan fingerprint density at radius 2 is 1.81 bits per heavy atom. The van der Waals surface area contributed by atoms with Gasteiger partial charge in [0.1, 0.15) is 0 Å². The molecule has 2 aromatic carbocycles. The van der Waals surface area contributed by atoms with Gasteiger partial charge < -0.3 is 10.6 Å². The lowest BCUT2D eigenvalue weighted by molar-refractivity contribution is -0.131. The van der Waals surface area contributed by atoms with Crippen LogP contribution in [0.25, 0.3) is 0 Å². The van der Waals surface area contributed by atoms with Gasteiger partial charge in [-0.2, -0.15) is 0 Å². The second-order valence-corrected chi connectivity index (χ2v) is 5.75. The third kappa shape index (κ3) is 2.92. The first kappa shape index (κ1) is 13.7. The molecule has 0 radical (unpaired) electrons.